The fraction of sp³-hybridized carbons (Fsp3) is 0.533. The summed E-state index contributed by atoms with van der Waals surface area (Å²) < 4.78 is 43.7. The summed E-state index contributed by atoms with van der Waals surface area (Å²) in [5, 5.41) is 8.91. The van der Waals surface area contributed by atoms with Crippen LogP contribution in [0.2, 0.25) is 0 Å². The lowest BCUT2D eigenvalue weighted by Gasteiger charge is -2.29. The Balaban J connectivity index is 1.82. The molecule has 7 heteroatoms. The Labute approximate surface area is 126 Å². The van der Waals surface area contributed by atoms with E-state index < -0.39 is 17.7 Å². The van der Waals surface area contributed by atoms with E-state index >= 15 is 0 Å². The third-order valence-electron chi connectivity index (χ3n) is 3.79. The van der Waals surface area contributed by atoms with Crippen molar-refractivity contribution in [3.8, 4) is 5.75 Å². The first-order valence-electron chi connectivity index (χ1n) is 7.12. The average molecular weight is 317 g/mol. The Morgan fingerprint density at radius 3 is 2.50 bits per heavy atom. The number of nitrogens with zero attached hydrogens (tertiary/aromatic N) is 1. The van der Waals surface area contributed by atoms with Crippen LogP contribution in [0.3, 0.4) is 0 Å². The highest BCUT2D eigenvalue weighted by molar-refractivity contribution is 5.70. The highest BCUT2D eigenvalue weighted by Crippen LogP contribution is 2.35. The molecule has 0 unspecified atom stereocenters. The highest BCUT2D eigenvalue weighted by atomic mass is 19.4. The summed E-state index contributed by atoms with van der Waals surface area (Å²) in [5.41, 5.74) is -0.778. The van der Waals surface area contributed by atoms with Crippen molar-refractivity contribution in [1.82, 2.24) is 4.90 Å². The maximum atomic E-state index is 12.8. The van der Waals surface area contributed by atoms with Gasteiger partial charge in [-0.3, -0.25) is 9.69 Å². The van der Waals surface area contributed by atoms with E-state index in [1.165, 1.54) is 18.2 Å². The molecule has 0 spiro atoms. The van der Waals surface area contributed by atoms with E-state index in [4.69, 9.17) is 9.84 Å². The number of ether oxygens (including phenoxy) is 1. The molecule has 1 N–H and O–H groups in total. The lowest BCUT2D eigenvalue weighted by atomic mass is 9.97. The van der Waals surface area contributed by atoms with Gasteiger partial charge in [0.15, 0.2) is 0 Å². The molecule has 1 saturated heterocycles. The van der Waals surface area contributed by atoms with Crippen LogP contribution < -0.4 is 4.74 Å². The third kappa shape index (κ3) is 4.37. The van der Waals surface area contributed by atoms with Gasteiger partial charge in [-0.25, -0.2) is 0 Å². The van der Waals surface area contributed by atoms with Gasteiger partial charge in [-0.1, -0.05) is 12.1 Å². The zero-order valence-corrected chi connectivity index (χ0v) is 12.0. The van der Waals surface area contributed by atoms with Crippen LogP contribution in [-0.4, -0.2) is 42.2 Å². The summed E-state index contributed by atoms with van der Waals surface area (Å²) >= 11 is 0. The number of carbonyl (C=O) groups is 1. The fourth-order valence-electron chi connectivity index (χ4n) is 2.51. The number of para-hydroxylation sites is 1. The molecule has 4 nitrogen and oxygen atoms in total. The van der Waals surface area contributed by atoms with Gasteiger partial charge in [0, 0.05) is 6.54 Å². The van der Waals surface area contributed by atoms with Gasteiger partial charge < -0.3 is 9.84 Å². The number of benzene rings is 1. The minimum Gasteiger partial charge on any atom is -0.492 e. The summed E-state index contributed by atoms with van der Waals surface area (Å²) in [5.74, 6) is -1.27. The minimum atomic E-state index is -4.43. The summed E-state index contributed by atoms with van der Waals surface area (Å²) in [6.45, 7) is 1.88. The molecule has 0 atom stereocenters. The van der Waals surface area contributed by atoms with Crippen molar-refractivity contribution >= 4 is 5.97 Å². The van der Waals surface area contributed by atoms with Gasteiger partial charge in [0.25, 0.3) is 0 Å². The van der Waals surface area contributed by atoms with Crippen molar-refractivity contribution in [2.24, 2.45) is 5.92 Å². The quantitative estimate of drug-likeness (QED) is 0.907. The zero-order chi connectivity index (χ0) is 16.2. The molecule has 122 valence electrons. The number of halogens is 3. The van der Waals surface area contributed by atoms with Crippen molar-refractivity contribution in [2.75, 3.05) is 26.2 Å². The predicted octanol–water partition coefficient (Wildman–Crippen LogP) is 2.88. The average Bonchev–Trinajstić information content (AvgIpc) is 2.47. The van der Waals surface area contributed by atoms with Crippen molar-refractivity contribution in [3.63, 3.8) is 0 Å². The molecule has 22 heavy (non-hydrogen) atoms. The van der Waals surface area contributed by atoms with Crippen LogP contribution in [0.5, 0.6) is 5.75 Å². The normalized spacial score (nSPS) is 17.4. The molecule has 0 bridgehead atoms. The van der Waals surface area contributed by atoms with Gasteiger partial charge in [0.2, 0.25) is 0 Å². The number of aliphatic carboxylic acids is 1. The van der Waals surface area contributed by atoms with E-state index in [1.807, 2.05) is 4.90 Å². The van der Waals surface area contributed by atoms with Crippen LogP contribution in [-0.2, 0) is 11.0 Å². The third-order valence-corrected chi connectivity index (χ3v) is 3.79. The summed E-state index contributed by atoms with van der Waals surface area (Å²) in [4.78, 5) is 12.9. The van der Waals surface area contributed by atoms with Crippen LogP contribution >= 0.6 is 0 Å². The fourth-order valence-corrected chi connectivity index (χ4v) is 2.51. The molecule has 1 heterocycles. The van der Waals surface area contributed by atoms with Crippen molar-refractivity contribution in [3.05, 3.63) is 29.8 Å². The van der Waals surface area contributed by atoms with Crippen molar-refractivity contribution in [2.45, 2.75) is 19.0 Å². The predicted molar refractivity (Wildman–Crippen MR) is 73.7 cm³/mol. The maximum Gasteiger partial charge on any atom is 0.419 e. The van der Waals surface area contributed by atoms with Gasteiger partial charge in [0.05, 0.1) is 11.5 Å². The minimum absolute atomic E-state index is 0.144. The number of piperidine rings is 1. The smallest absolute Gasteiger partial charge is 0.419 e. The van der Waals surface area contributed by atoms with Crippen LogP contribution in [0.25, 0.3) is 0 Å². The zero-order valence-electron chi connectivity index (χ0n) is 12.0. The van der Waals surface area contributed by atoms with E-state index in [1.54, 1.807) is 0 Å². The summed E-state index contributed by atoms with van der Waals surface area (Å²) in [7, 11) is 0. The molecule has 1 aliphatic rings. The number of likely N-dealkylation sites (tertiary alicyclic amines) is 1. The molecule has 1 aromatic carbocycles. The van der Waals surface area contributed by atoms with Gasteiger partial charge in [0.1, 0.15) is 12.4 Å². The van der Waals surface area contributed by atoms with E-state index in [-0.39, 0.29) is 18.3 Å². The Morgan fingerprint density at radius 1 is 1.27 bits per heavy atom. The number of hydrogen-bond acceptors (Lipinski definition) is 3. The van der Waals surface area contributed by atoms with E-state index in [0.717, 1.165) is 6.07 Å². The molecule has 0 aliphatic carbocycles. The number of carboxylic acid groups (broad SMARTS) is 1. The number of rotatable bonds is 5. The van der Waals surface area contributed by atoms with Crippen LogP contribution in [0.1, 0.15) is 18.4 Å². The lowest BCUT2D eigenvalue weighted by molar-refractivity contribution is -0.143. The molecule has 0 radical (unpaired) electrons. The second-order valence-corrected chi connectivity index (χ2v) is 5.30. The summed E-state index contributed by atoms with van der Waals surface area (Å²) in [6.07, 6.45) is -3.31. The molecule has 0 aromatic heterocycles. The molecule has 1 aromatic rings. The van der Waals surface area contributed by atoms with Gasteiger partial charge in [-0.05, 0) is 38.1 Å². The van der Waals surface area contributed by atoms with Crippen LogP contribution in [0.15, 0.2) is 24.3 Å². The standard InChI is InChI=1S/C15H18F3NO3/c16-15(17,18)12-3-1-2-4-13(12)22-10-9-19-7-5-11(6-8-19)14(20)21/h1-4,11H,5-10H2,(H,20,21). The Hall–Kier alpha value is -1.76. The molecule has 0 amide bonds. The first-order valence-corrected chi connectivity index (χ1v) is 7.12. The van der Waals surface area contributed by atoms with Gasteiger partial charge in [-0.15, -0.1) is 0 Å². The van der Waals surface area contributed by atoms with Crippen LogP contribution in [0.4, 0.5) is 13.2 Å². The Kier molecular flexibility index (Phi) is 5.28. The number of alkyl halides is 3. The number of hydrogen-bond donors (Lipinski definition) is 1. The van der Waals surface area contributed by atoms with E-state index in [0.29, 0.717) is 32.5 Å². The lowest BCUT2D eigenvalue weighted by Crippen LogP contribution is -2.38. The second-order valence-electron chi connectivity index (χ2n) is 5.30. The summed E-state index contributed by atoms with van der Waals surface area (Å²) in [6, 6.07) is 5.13. The molecule has 1 aliphatic heterocycles. The van der Waals surface area contributed by atoms with E-state index in [9.17, 15) is 18.0 Å². The molecular formula is C15H18F3NO3. The molecule has 1 fully saturated rings. The SMILES string of the molecule is O=C(O)C1CCN(CCOc2ccccc2C(F)(F)F)CC1. The number of carboxylic acids is 1. The molecular weight excluding hydrogens is 299 g/mol. The first kappa shape index (κ1) is 16.6. The highest BCUT2D eigenvalue weighted by Gasteiger charge is 2.34. The topological polar surface area (TPSA) is 49.8 Å². The van der Waals surface area contributed by atoms with Gasteiger partial charge in [-0.2, -0.15) is 13.2 Å². The maximum absolute atomic E-state index is 12.8. The largest absolute Gasteiger partial charge is 0.492 e. The Morgan fingerprint density at radius 2 is 1.91 bits per heavy atom. The van der Waals surface area contributed by atoms with Crippen LogP contribution in [0, 0.1) is 5.92 Å². The monoisotopic (exact) mass is 317 g/mol. The second kappa shape index (κ2) is 7.00. The van der Waals surface area contributed by atoms with Crippen molar-refractivity contribution in [1.29, 1.82) is 0 Å². The van der Waals surface area contributed by atoms with Gasteiger partial charge >= 0.3 is 12.1 Å². The van der Waals surface area contributed by atoms with E-state index in [2.05, 4.69) is 0 Å². The Bertz CT molecular complexity index is 511. The molecule has 2 rings (SSSR count). The first-order chi connectivity index (χ1) is 10.4. The molecule has 0 saturated carbocycles. The van der Waals surface area contributed by atoms with Crippen molar-refractivity contribution < 1.29 is 27.8 Å².